The SMILES string of the molecule is CCn1nc(C)cc1NC. The number of hydrogen-bond acceptors (Lipinski definition) is 2. The fraction of sp³-hybridized carbons (Fsp3) is 0.571. The molecule has 1 rings (SSSR count). The molecule has 10 heavy (non-hydrogen) atoms. The molecule has 0 aromatic carbocycles. The lowest BCUT2D eigenvalue weighted by atomic mass is 10.5. The van der Waals surface area contributed by atoms with Crippen molar-refractivity contribution >= 4 is 5.82 Å². The molecule has 0 amide bonds. The molecule has 0 aliphatic rings. The predicted octanol–water partition coefficient (Wildman–Crippen LogP) is 1.25. The van der Waals surface area contributed by atoms with E-state index in [0.717, 1.165) is 18.1 Å². The monoisotopic (exact) mass is 139 g/mol. The average Bonchev–Trinajstić information content (AvgIpc) is 2.30. The first kappa shape index (κ1) is 7.12. The number of nitrogens with one attached hydrogen (secondary N) is 1. The lowest BCUT2D eigenvalue weighted by Crippen LogP contribution is -2.01. The van der Waals surface area contributed by atoms with Crippen molar-refractivity contribution in [3.63, 3.8) is 0 Å². The quantitative estimate of drug-likeness (QED) is 0.668. The van der Waals surface area contributed by atoms with Crippen molar-refractivity contribution in [1.29, 1.82) is 0 Å². The Labute approximate surface area is 61.0 Å². The molecule has 1 N–H and O–H groups in total. The van der Waals surface area contributed by atoms with Crippen molar-refractivity contribution in [2.45, 2.75) is 20.4 Å². The molecule has 0 spiro atoms. The first-order valence-electron chi connectivity index (χ1n) is 3.50. The maximum absolute atomic E-state index is 4.25. The van der Waals surface area contributed by atoms with Gasteiger partial charge in [-0.05, 0) is 13.8 Å². The van der Waals surface area contributed by atoms with Gasteiger partial charge >= 0.3 is 0 Å². The molecule has 56 valence electrons. The van der Waals surface area contributed by atoms with Crippen LogP contribution in [0, 0.1) is 6.92 Å². The van der Waals surface area contributed by atoms with Crippen LogP contribution in [0.15, 0.2) is 6.07 Å². The number of hydrogen-bond donors (Lipinski definition) is 1. The van der Waals surface area contributed by atoms with Gasteiger partial charge in [-0.1, -0.05) is 0 Å². The van der Waals surface area contributed by atoms with Gasteiger partial charge < -0.3 is 5.32 Å². The summed E-state index contributed by atoms with van der Waals surface area (Å²) in [5.74, 6) is 1.08. The van der Waals surface area contributed by atoms with Gasteiger partial charge in [-0.2, -0.15) is 5.10 Å². The molecule has 0 fully saturated rings. The van der Waals surface area contributed by atoms with Crippen molar-refractivity contribution in [3.05, 3.63) is 11.8 Å². The van der Waals surface area contributed by atoms with Crippen LogP contribution in [0.5, 0.6) is 0 Å². The van der Waals surface area contributed by atoms with Gasteiger partial charge in [0.2, 0.25) is 0 Å². The summed E-state index contributed by atoms with van der Waals surface area (Å²) >= 11 is 0. The maximum Gasteiger partial charge on any atom is 0.124 e. The van der Waals surface area contributed by atoms with E-state index in [-0.39, 0.29) is 0 Å². The summed E-state index contributed by atoms with van der Waals surface area (Å²) in [6.45, 7) is 4.99. The van der Waals surface area contributed by atoms with E-state index in [1.54, 1.807) is 0 Å². The number of nitrogens with zero attached hydrogens (tertiary/aromatic N) is 2. The Morgan fingerprint density at radius 2 is 2.40 bits per heavy atom. The Bertz CT molecular complexity index is 193. The normalized spacial score (nSPS) is 9.90. The molecule has 1 aromatic rings. The zero-order valence-corrected chi connectivity index (χ0v) is 6.68. The Hall–Kier alpha value is -0.990. The minimum absolute atomic E-state index is 0.921. The van der Waals surface area contributed by atoms with E-state index in [1.807, 2.05) is 24.7 Å². The van der Waals surface area contributed by atoms with E-state index in [0.29, 0.717) is 0 Å². The molecule has 3 nitrogen and oxygen atoms in total. The zero-order valence-electron chi connectivity index (χ0n) is 6.68. The van der Waals surface area contributed by atoms with Crippen LogP contribution < -0.4 is 5.32 Å². The van der Waals surface area contributed by atoms with Gasteiger partial charge in [0.15, 0.2) is 0 Å². The van der Waals surface area contributed by atoms with Crippen LogP contribution in [0.3, 0.4) is 0 Å². The highest BCUT2D eigenvalue weighted by Crippen LogP contribution is 2.07. The summed E-state index contributed by atoms with van der Waals surface area (Å²) in [4.78, 5) is 0. The number of aromatic nitrogens is 2. The average molecular weight is 139 g/mol. The second kappa shape index (κ2) is 2.73. The number of aryl methyl sites for hydroxylation is 2. The highest BCUT2D eigenvalue weighted by Gasteiger charge is 1.98. The molecule has 0 bridgehead atoms. The second-order valence-corrected chi connectivity index (χ2v) is 2.24. The minimum atomic E-state index is 0.921. The molecule has 1 heterocycles. The largest absolute Gasteiger partial charge is 0.373 e. The van der Waals surface area contributed by atoms with Crippen molar-refractivity contribution < 1.29 is 0 Å². The van der Waals surface area contributed by atoms with E-state index >= 15 is 0 Å². The van der Waals surface area contributed by atoms with Crippen molar-refractivity contribution in [2.75, 3.05) is 12.4 Å². The molecule has 3 heteroatoms. The molecule has 0 radical (unpaired) electrons. The Balaban J connectivity index is 2.96. The van der Waals surface area contributed by atoms with Gasteiger partial charge in [0.25, 0.3) is 0 Å². The third kappa shape index (κ3) is 1.12. The van der Waals surface area contributed by atoms with Crippen LogP contribution in [-0.4, -0.2) is 16.8 Å². The van der Waals surface area contributed by atoms with Crippen molar-refractivity contribution in [3.8, 4) is 0 Å². The molecular weight excluding hydrogens is 126 g/mol. The molecule has 0 saturated carbocycles. The van der Waals surface area contributed by atoms with Crippen LogP contribution in [0.25, 0.3) is 0 Å². The topological polar surface area (TPSA) is 29.9 Å². The zero-order chi connectivity index (χ0) is 7.56. The summed E-state index contributed by atoms with van der Waals surface area (Å²) in [6, 6.07) is 2.03. The van der Waals surface area contributed by atoms with Crippen molar-refractivity contribution in [2.24, 2.45) is 0 Å². The number of rotatable bonds is 2. The van der Waals surface area contributed by atoms with E-state index in [4.69, 9.17) is 0 Å². The van der Waals surface area contributed by atoms with Gasteiger partial charge in [0.1, 0.15) is 5.82 Å². The van der Waals surface area contributed by atoms with E-state index in [1.165, 1.54) is 0 Å². The Morgan fingerprint density at radius 1 is 1.70 bits per heavy atom. The summed E-state index contributed by atoms with van der Waals surface area (Å²) in [7, 11) is 1.91. The highest BCUT2D eigenvalue weighted by molar-refractivity contribution is 5.35. The Morgan fingerprint density at radius 3 is 2.80 bits per heavy atom. The summed E-state index contributed by atoms with van der Waals surface area (Å²) < 4.78 is 1.94. The molecule has 1 aromatic heterocycles. The van der Waals surface area contributed by atoms with E-state index < -0.39 is 0 Å². The molecule has 0 unspecified atom stereocenters. The summed E-state index contributed by atoms with van der Waals surface area (Å²) in [5.41, 5.74) is 1.06. The van der Waals surface area contributed by atoms with Gasteiger partial charge in [0.05, 0.1) is 5.69 Å². The van der Waals surface area contributed by atoms with Crippen LogP contribution in [0.2, 0.25) is 0 Å². The van der Waals surface area contributed by atoms with Crippen LogP contribution in [0.4, 0.5) is 5.82 Å². The smallest absolute Gasteiger partial charge is 0.124 e. The number of anilines is 1. The van der Waals surface area contributed by atoms with Crippen LogP contribution in [-0.2, 0) is 6.54 Å². The standard InChI is InChI=1S/C7H13N3/c1-4-10-7(8-3)5-6(2)9-10/h5,8H,4H2,1-3H3. The van der Waals surface area contributed by atoms with Gasteiger partial charge in [-0.15, -0.1) is 0 Å². The fourth-order valence-electron chi connectivity index (χ4n) is 0.988. The van der Waals surface area contributed by atoms with Crippen LogP contribution in [0.1, 0.15) is 12.6 Å². The Kier molecular flexibility index (Phi) is 1.94. The maximum atomic E-state index is 4.25. The first-order valence-corrected chi connectivity index (χ1v) is 3.50. The minimum Gasteiger partial charge on any atom is -0.373 e. The van der Waals surface area contributed by atoms with E-state index in [9.17, 15) is 0 Å². The summed E-state index contributed by atoms with van der Waals surface area (Å²) in [5, 5.41) is 7.32. The van der Waals surface area contributed by atoms with Gasteiger partial charge in [-0.25, -0.2) is 4.68 Å². The fourth-order valence-corrected chi connectivity index (χ4v) is 0.988. The first-order chi connectivity index (χ1) is 4.77. The van der Waals surface area contributed by atoms with Gasteiger partial charge in [-0.3, -0.25) is 0 Å². The molecule has 0 aliphatic carbocycles. The summed E-state index contributed by atoms with van der Waals surface area (Å²) in [6.07, 6.45) is 0. The third-order valence-electron chi connectivity index (χ3n) is 1.46. The molecule has 0 atom stereocenters. The van der Waals surface area contributed by atoms with Gasteiger partial charge in [0, 0.05) is 19.7 Å². The third-order valence-corrected chi connectivity index (χ3v) is 1.46. The van der Waals surface area contributed by atoms with Crippen molar-refractivity contribution in [1.82, 2.24) is 9.78 Å². The predicted molar refractivity (Wildman–Crippen MR) is 42.2 cm³/mol. The highest BCUT2D eigenvalue weighted by atomic mass is 15.3. The molecular formula is C7H13N3. The second-order valence-electron chi connectivity index (χ2n) is 2.24. The molecule has 0 aliphatic heterocycles. The van der Waals surface area contributed by atoms with Crippen LogP contribution >= 0.6 is 0 Å². The lowest BCUT2D eigenvalue weighted by Gasteiger charge is -2.00. The molecule has 0 saturated heterocycles. The lowest BCUT2D eigenvalue weighted by molar-refractivity contribution is 0.660. The van der Waals surface area contributed by atoms with E-state index in [2.05, 4.69) is 17.3 Å².